The first-order chi connectivity index (χ1) is 8.94. The molecule has 0 atom stereocenters. The van der Waals surface area contributed by atoms with Crippen molar-refractivity contribution < 1.29 is 4.74 Å². The van der Waals surface area contributed by atoms with Crippen LogP contribution in [0.2, 0.25) is 0 Å². The van der Waals surface area contributed by atoms with E-state index < -0.39 is 0 Å². The highest BCUT2D eigenvalue weighted by Crippen LogP contribution is 2.32. The van der Waals surface area contributed by atoms with E-state index in [0.29, 0.717) is 4.99 Å². The van der Waals surface area contributed by atoms with Crippen molar-refractivity contribution in [3.63, 3.8) is 0 Å². The van der Waals surface area contributed by atoms with Crippen LogP contribution in [0.25, 0.3) is 0 Å². The zero-order valence-electron chi connectivity index (χ0n) is 11.6. The van der Waals surface area contributed by atoms with E-state index >= 15 is 0 Å². The van der Waals surface area contributed by atoms with Crippen LogP contribution in [0.4, 0.5) is 5.69 Å². The summed E-state index contributed by atoms with van der Waals surface area (Å²) in [7, 11) is 0. The van der Waals surface area contributed by atoms with Gasteiger partial charge in [0, 0.05) is 29.2 Å². The van der Waals surface area contributed by atoms with Gasteiger partial charge in [0.2, 0.25) is 0 Å². The van der Waals surface area contributed by atoms with E-state index in [1.54, 1.807) is 11.8 Å². The van der Waals surface area contributed by atoms with Crippen molar-refractivity contribution in [1.29, 1.82) is 0 Å². The number of nitrogens with zero attached hydrogens (tertiary/aromatic N) is 1. The second kappa shape index (κ2) is 5.69. The molecule has 0 saturated carbocycles. The molecule has 0 spiro atoms. The number of morpholine rings is 1. The first-order valence-corrected chi connectivity index (χ1v) is 7.93. The molecular formula is C14H20N2OS2. The highest BCUT2D eigenvalue weighted by Gasteiger charge is 2.29. The molecular weight excluding hydrogens is 276 g/mol. The molecule has 1 saturated heterocycles. The molecule has 104 valence electrons. The smallest absolute Gasteiger partial charge is 0.107 e. The maximum Gasteiger partial charge on any atom is 0.107 e. The molecule has 0 radical (unpaired) electrons. The summed E-state index contributed by atoms with van der Waals surface area (Å²) < 4.78 is 5.76. The topological polar surface area (TPSA) is 38.5 Å². The predicted molar refractivity (Wildman–Crippen MR) is 86.4 cm³/mol. The molecule has 0 bridgehead atoms. The van der Waals surface area contributed by atoms with E-state index in [1.807, 2.05) is 6.26 Å². The Kier molecular flexibility index (Phi) is 4.38. The van der Waals surface area contributed by atoms with Crippen molar-refractivity contribution in [2.75, 3.05) is 30.9 Å². The predicted octanol–water partition coefficient (Wildman–Crippen LogP) is 2.66. The number of thioether (sulfide) groups is 1. The summed E-state index contributed by atoms with van der Waals surface area (Å²) >= 11 is 6.91. The van der Waals surface area contributed by atoms with Crippen molar-refractivity contribution >= 4 is 34.7 Å². The molecule has 0 aromatic heterocycles. The Balaban J connectivity index is 2.41. The normalized spacial score (nSPS) is 18.4. The highest BCUT2D eigenvalue weighted by atomic mass is 32.2. The number of hydrogen-bond acceptors (Lipinski definition) is 4. The lowest BCUT2D eigenvalue weighted by Gasteiger charge is -2.40. The largest absolute Gasteiger partial charge is 0.389 e. The van der Waals surface area contributed by atoms with Crippen LogP contribution in [-0.2, 0) is 4.74 Å². The van der Waals surface area contributed by atoms with Gasteiger partial charge in [-0.05, 0) is 32.2 Å². The van der Waals surface area contributed by atoms with Crippen LogP contribution < -0.4 is 10.6 Å². The summed E-state index contributed by atoms with van der Waals surface area (Å²) in [6.07, 6.45) is 2.05. The van der Waals surface area contributed by atoms with Crippen LogP contribution in [0.5, 0.6) is 0 Å². The van der Waals surface area contributed by atoms with Gasteiger partial charge in [-0.3, -0.25) is 0 Å². The zero-order valence-corrected chi connectivity index (χ0v) is 13.2. The van der Waals surface area contributed by atoms with E-state index in [9.17, 15) is 0 Å². The molecule has 1 aliphatic rings. The lowest BCUT2D eigenvalue weighted by atomic mass is 10.0. The minimum absolute atomic E-state index is 0.138. The Morgan fingerprint density at radius 2 is 2.21 bits per heavy atom. The molecule has 5 heteroatoms. The Labute approximate surface area is 124 Å². The molecule has 2 rings (SSSR count). The van der Waals surface area contributed by atoms with Crippen molar-refractivity contribution in [3.05, 3.63) is 23.8 Å². The van der Waals surface area contributed by atoms with E-state index in [2.05, 4.69) is 36.9 Å². The molecule has 1 aromatic rings. The number of nitrogens with two attached hydrogens (primary N) is 1. The van der Waals surface area contributed by atoms with Gasteiger partial charge in [-0.15, -0.1) is 11.8 Å². The highest BCUT2D eigenvalue weighted by molar-refractivity contribution is 7.98. The van der Waals surface area contributed by atoms with Gasteiger partial charge in [-0.25, -0.2) is 0 Å². The third kappa shape index (κ3) is 3.22. The average Bonchev–Trinajstić information content (AvgIpc) is 2.36. The fraction of sp³-hybridized carbons (Fsp3) is 0.500. The SMILES string of the molecule is CSc1cccc(N2CCOC(C)(C)C2)c1C(N)=S. The van der Waals surface area contributed by atoms with E-state index in [4.69, 9.17) is 22.7 Å². The third-order valence-electron chi connectivity index (χ3n) is 3.24. The van der Waals surface area contributed by atoms with Crippen LogP contribution in [-0.4, -0.2) is 36.5 Å². The summed E-state index contributed by atoms with van der Waals surface area (Å²) in [5.74, 6) is 0. The Morgan fingerprint density at radius 3 is 2.79 bits per heavy atom. The Bertz CT molecular complexity index is 488. The molecule has 1 aliphatic heterocycles. The molecule has 0 amide bonds. The summed E-state index contributed by atoms with van der Waals surface area (Å²) in [5.41, 5.74) is 7.90. The monoisotopic (exact) mass is 296 g/mol. The first kappa shape index (κ1) is 14.6. The van der Waals surface area contributed by atoms with Crippen LogP contribution >= 0.6 is 24.0 Å². The Morgan fingerprint density at radius 1 is 1.47 bits per heavy atom. The summed E-state index contributed by atoms with van der Waals surface area (Å²) in [5, 5.41) is 0. The van der Waals surface area contributed by atoms with Gasteiger partial charge >= 0.3 is 0 Å². The Hall–Kier alpha value is -0.780. The molecule has 1 fully saturated rings. The third-order valence-corrected chi connectivity index (χ3v) is 4.22. The molecule has 1 aromatic carbocycles. The van der Waals surface area contributed by atoms with E-state index in [1.165, 1.54) is 0 Å². The standard InChI is InChI=1S/C14H20N2OS2/c1-14(2)9-16(7-8-17-14)10-5-4-6-11(19-3)12(10)13(15)18/h4-6H,7-9H2,1-3H3,(H2,15,18). The minimum Gasteiger partial charge on any atom is -0.389 e. The fourth-order valence-corrected chi connectivity index (χ4v) is 3.34. The molecule has 0 unspecified atom stereocenters. The van der Waals surface area contributed by atoms with Gasteiger partial charge in [0.05, 0.1) is 12.2 Å². The first-order valence-electron chi connectivity index (χ1n) is 6.30. The van der Waals surface area contributed by atoms with Crippen molar-refractivity contribution in [2.24, 2.45) is 5.73 Å². The van der Waals surface area contributed by atoms with Gasteiger partial charge in [0.25, 0.3) is 0 Å². The number of ether oxygens (including phenoxy) is 1. The fourth-order valence-electron chi connectivity index (χ4n) is 2.42. The molecule has 1 heterocycles. The second-order valence-corrected chi connectivity index (χ2v) is 6.54. The van der Waals surface area contributed by atoms with Crippen molar-refractivity contribution in [3.8, 4) is 0 Å². The van der Waals surface area contributed by atoms with Crippen LogP contribution in [0.3, 0.4) is 0 Å². The van der Waals surface area contributed by atoms with Crippen molar-refractivity contribution in [2.45, 2.75) is 24.3 Å². The van der Waals surface area contributed by atoms with Crippen LogP contribution in [0, 0.1) is 0 Å². The van der Waals surface area contributed by atoms with Gasteiger partial charge in [0.1, 0.15) is 4.99 Å². The lowest BCUT2D eigenvalue weighted by molar-refractivity contribution is -0.0277. The molecule has 2 N–H and O–H groups in total. The molecule has 19 heavy (non-hydrogen) atoms. The van der Waals surface area contributed by atoms with E-state index in [0.717, 1.165) is 35.8 Å². The second-order valence-electron chi connectivity index (χ2n) is 5.25. The summed E-state index contributed by atoms with van der Waals surface area (Å²) in [6.45, 7) is 6.67. The van der Waals surface area contributed by atoms with Gasteiger partial charge < -0.3 is 15.4 Å². The number of anilines is 1. The van der Waals surface area contributed by atoms with Gasteiger partial charge in [-0.2, -0.15) is 0 Å². The van der Waals surface area contributed by atoms with Crippen LogP contribution in [0.15, 0.2) is 23.1 Å². The summed E-state index contributed by atoms with van der Waals surface area (Å²) in [6, 6.07) is 6.22. The number of rotatable bonds is 3. The maximum atomic E-state index is 5.93. The minimum atomic E-state index is -0.138. The zero-order chi connectivity index (χ0) is 14.0. The average molecular weight is 296 g/mol. The van der Waals surface area contributed by atoms with Crippen LogP contribution in [0.1, 0.15) is 19.4 Å². The number of thiocarbonyl (C=S) groups is 1. The summed E-state index contributed by atoms with van der Waals surface area (Å²) in [4.78, 5) is 3.91. The lowest BCUT2D eigenvalue weighted by Crippen LogP contribution is -2.48. The van der Waals surface area contributed by atoms with E-state index in [-0.39, 0.29) is 5.60 Å². The molecule has 0 aliphatic carbocycles. The quantitative estimate of drug-likeness (QED) is 0.686. The van der Waals surface area contributed by atoms with Gasteiger partial charge in [0.15, 0.2) is 0 Å². The van der Waals surface area contributed by atoms with Crippen molar-refractivity contribution in [1.82, 2.24) is 0 Å². The maximum absolute atomic E-state index is 5.93. The van der Waals surface area contributed by atoms with Gasteiger partial charge in [-0.1, -0.05) is 18.3 Å². The number of hydrogen-bond donors (Lipinski definition) is 1. The molecule has 3 nitrogen and oxygen atoms in total. The number of benzene rings is 1.